The van der Waals surface area contributed by atoms with Gasteiger partial charge in [-0.05, 0) is 31.7 Å². The first-order chi connectivity index (χ1) is 15.8. The first-order valence-corrected chi connectivity index (χ1v) is 11.0. The summed E-state index contributed by atoms with van der Waals surface area (Å²) in [6.45, 7) is 11.3. The van der Waals surface area contributed by atoms with Crippen LogP contribution in [-0.4, -0.2) is 26.8 Å². The summed E-state index contributed by atoms with van der Waals surface area (Å²) in [5, 5.41) is 10.7. The van der Waals surface area contributed by atoms with Gasteiger partial charge in [-0.2, -0.15) is 9.49 Å². The minimum Gasteiger partial charge on any atom is -0.383 e. The number of rotatable bonds is 7. The number of nitrogens with one attached hydrogen (secondary N) is 1. The van der Waals surface area contributed by atoms with Crippen molar-refractivity contribution < 1.29 is 18.5 Å². The van der Waals surface area contributed by atoms with E-state index in [2.05, 4.69) is 15.6 Å². The zero-order valence-electron chi connectivity index (χ0n) is 20.3. The van der Waals surface area contributed by atoms with Crippen LogP contribution in [-0.2, 0) is 11.2 Å². The topological polar surface area (TPSA) is 142 Å². The summed E-state index contributed by atoms with van der Waals surface area (Å²) in [4.78, 5) is 24.7. The average Bonchev–Trinajstić information content (AvgIpc) is 3.27. The second-order valence-electron chi connectivity index (χ2n) is 9.85. The molecule has 2 heterocycles. The van der Waals surface area contributed by atoms with Crippen LogP contribution in [0.5, 0.6) is 0 Å². The number of amides is 2. The second kappa shape index (κ2) is 9.28. The van der Waals surface area contributed by atoms with Crippen LogP contribution in [0.3, 0.4) is 0 Å². The number of anilines is 2. The zero-order valence-corrected chi connectivity index (χ0v) is 20.3. The molecule has 3 aromatic rings. The van der Waals surface area contributed by atoms with E-state index in [0.717, 1.165) is 0 Å². The van der Waals surface area contributed by atoms with Crippen LogP contribution in [0.1, 0.15) is 75.1 Å². The standard InChI is InChI=1S/C24H31FN6O3/c1-12(2)31-20(26)17(21(27)32)19(29-31)15-9-7-14(8-10-15)13(3)22(33)28-23-18(25)16(30-34-23)11-24(4,5)6/h7-10,12-13H,11,26H2,1-6H3,(H2,27,32)(H,28,33). The number of carbonyl (C=O) groups excluding carboxylic acids is 2. The number of nitrogens with two attached hydrogens (primary N) is 2. The van der Waals surface area contributed by atoms with Gasteiger partial charge in [0, 0.05) is 18.0 Å². The molecule has 2 aromatic heterocycles. The number of primary amides is 1. The van der Waals surface area contributed by atoms with Crippen molar-refractivity contribution in [2.24, 2.45) is 11.1 Å². The first-order valence-electron chi connectivity index (χ1n) is 11.0. The van der Waals surface area contributed by atoms with Gasteiger partial charge in [0.2, 0.25) is 11.7 Å². The molecule has 0 saturated carbocycles. The maximum Gasteiger partial charge on any atom is 0.267 e. The van der Waals surface area contributed by atoms with Gasteiger partial charge >= 0.3 is 0 Å². The zero-order chi connectivity index (χ0) is 25.4. The van der Waals surface area contributed by atoms with Gasteiger partial charge in [-0.15, -0.1) is 0 Å². The largest absolute Gasteiger partial charge is 0.383 e. The number of aromatic nitrogens is 3. The van der Waals surface area contributed by atoms with Crippen molar-refractivity contribution in [2.45, 2.75) is 59.9 Å². The van der Waals surface area contributed by atoms with E-state index in [-0.39, 0.29) is 34.4 Å². The minimum atomic E-state index is -0.670. The fraction of sp³-hybridized carbons (Fsp3) is 0.417. The van der Waals surface area contributed by atoms with Crippen molar-refractivity contribution in [3.8, 4) is 11.3 Å². The summed E-state index contributed by atoms with van der Waals surface area (Å²) >= 11 is 0. The molecule has 0 radical (unpaired) electrons. The Morgan fingerprint density at radius 3 is 2.32 bits per heavy atom. The molecule has 0 bridgehead atoms. The highest BCUT2D eigenvalue weighted by Gasteiger charge is 2.26. The Balaban J connectivity index is 1.80. The lowest BCUT2D eigenvalue weighted by molar-refractivity contribution is -0.117. The van der Waals surface area contributed by atoms with Crippen molar-refractivity contribution in [3.05, 3.63) is 46.9 Å². The maximum atomic E-state index is 14.6. The van der Waals surface area contributed by atoms with Crippen molar-refractivity contribution in [1.29, 1.82) is 0 Å². The highest BCUT2D eigenvalue weighted by Crippen LogP contribution is 2.31. The number of nitrogens with zero attached hydrogens (tertiary/aromatic N) is 3. The Labute approximate surface area is 197 Å². The highest BCUT2D eigenvalue weighted by molar-refractivity contribution is 6.03. The Hall–Kier alpha value is -3.69. The van der Waals surface area contributed by atoms with Crippen molar-refractivity contribution in [2.75, 3.05) is 11.1 Å². The number of benzene rings is 1. The number of carbonyl (C=O) groups is 2. The predicted molar refractivity (Wildman–Crippen MR) is 128 cm³/mol. The molecule has 2 amide bonds. The highest BCUT2D eigenvalue weighted by atomic mass is 19.1. The number of halogens is 1. The van der Waals surface area contributed by atoms with Gasteiger partial charge < -0.3 is 16.0 Å². The SMILES string of the molecule is CC(C(=O)Nc1onc(CC(C)(C)C)c1F)c1ccc(-c2nn(C(C)C)c(N)c2C(N)=O)cc1. The Kier molecular flexibility index (Phi) is 6.81. The molecule has 3 rings (SSSR count). The van der Waals surface area contributed by atoms with Crippen LogP contribution < -0.4 is 16.8 Å². The Morgan fingerprint density at radius 1 is 1.18 bits per heavy atom. The molecule has 1 aromatic carbocycles. The lowest BCUT2D eigenvalue weighted by Crippen LogP contribution is -2.19. The second-order valence-corrected chi connectivity index (χ2v) is 9.85. The van der Waals surface area contributed by atoms with E-state index < -0.39 is 23.5 Å². The molecule has 0 saturated heterocycles. The molecular weight excluding hydrogens is 439 g/mol. The predicted octanol–water partition coefficient (Wildman–Crippen LogP) is 4.27. The maximum absolute atomic E-state index is 14.6. The van der Waals surface area contributed by atoms with Gasteiger partial charge in [-0.3, -0.25) is 14.9 Å². The van der Waals surface area contributed by atoms with Crippen molar-refractivity contribution in [3.63, 3.8) is 0 Å². The van der Waals surface area contributed by atoms with Crippen LogP contribution in [0.4, 0.5) is 16.1 Å². The summed E-state index contributed by atoms with van der Waals surface area (Å²) < 4.78 is 21.2. The number of hydrogen-bond acceptors (Lipinski definition) is 6. The molecule has 9 nitrogen and oxygen atoms in total. The molecule has 34 heavy (non-hydrogen) atoms. The van der Waals surface area contributed by atoms with E-state index in [9.17, 15) is 14.0 Å². The van der Waals surface area contributed by atoms with Gasteiger partial charge in [-0.1, -0.05) is 50.2 Å². The summed E-state index contributed by atoms with van der Waals surface area (Å²) in [6.07, 6.45) is 0.375. The smallest absolute Gasteiger partial charge is 0.267 e. The Bertz CT molecular complexity index is 1200. The monoisotopic (exact) mass is 470 g/mol. The molecular formula is C24H31FN6O3. The van der Waals surface area contributed by atoms with Gasteiger partial charge in [0.15, 0.2) is 0 Å². The van der Waals surface area contributed by atoms with Crippen LogP contribution in [0.15, 0.2) is 28.8 Å². The Morgan fingerprint density at radius 2 is 1.79 bits per heavy atom. The van der Waals surface area contributed by atoms with E-state index in [1.165, 1.54) is 0 Å². The quantitative estimate of drug-likeness (QED) is 0.471. The van der Waals surface area contributed by atoms with Crippen molar-refractivity contribution in [1.82, 2.24) is 14.9 Å². The lowest BCUT2D eigenvalue weighted by Gasteiger charge is -2.15. The molecule has 0 aliphatic carbocycles. The summed E-state index contributed by atoms with van der Waals surface area (Å²) in [7, 11) is 0. The van der Waals surface area contributed by atoms with Gasteiger partial charge in [0.05, 0.1) is 5.92 Å². The average molecular weight is 471 g/mol. The molecule has 10 heteroatoms. The number of hydrogen-bond donors (Lipinski definition) is 3. The van der Waals surface area contributed by atoms with Gasteiger partial charge in [0.1, 0.15) is 22.8 Å². The van der Waals surface area contributed by atoms with Gasteiger partial charge in [0.25, 0.3) is 11.8 Å². The molecule has 1 unspecified atom stereocenters. The molecule has 0 fully saturated rings. The third kappa shape index (κ3) is 5.11. The molecule has 0 spiro atoms. The lowest BCUT2D eigenvalue weighted by atomic mass is 9.90. The van der Waals surface area contributed by atoms with E-state index in [1.54, 1.807) is 35.9 Å². The third-order valence-corrected chi connectivity index (χ3v) is 5.39. The number of nitrogen functional groups attached to an aromatic ring is 1. The summed E-state index contributed by atoms with van der Waals surface area (Å²) in [5.74, 6) is -2.49. The van der Waals surface area contributed by atoms with Crippen LogP contribution in [0.2, 0.25) is 0 Å². The fourth-order valence-corrected chi connectivity index (χ4v) is 3.59. The third-order valence-electron chi connectivity index (χ3n) is 5.39. The van der Waals surface area contributed by atoms with Gasteiger partial charge in [-0.25, -0.2) is 4.68 Å². The summed E-state index contributed by atoms with van der Waals surface area (Å²) in [5.41, 5.74) is 13.4. The molecule has 182 valence electrons. The minimum absolute atomic E-state index is 0.0600. The van der Waals surface area contributed by atoms with Crippen LogP contribution >= 0.6 is 0 Å². The molecule has 5 N–H and O–H groups in total. The van der Waals surface area contributed by atoms with Crippen LogP contribution in [0, 0.1) is 11.2 Å². The summed E-state index contributed by atoms with van der Waals surface area (Å²) in [6, 6.07) is 6.87. The van der Waals surface area contributed by atoms with E-state index >= 15 is 0 Å². The molecule has 0 aliphatic rings. The molecule has 1 atom stereocenters. The first kappa shape index (κ1) is 24.9. The molecule has 0 aliphatic heterocycles. The van der Waals surface area contributed by atoms with E-state index in [0.29, 0.717) is 23.2 Å². The van der Waals surface area contributed by atoms with Crippen LogP contribution in [0.25, 0.3) is 11.3 Å². The van der Waals surface area contributed by atoms with Crippen molar-refractivity contribution >= 4 is 23.5 Å². The van der Waals surface area contributed by atoms with E-state index in [1.807, 2.05) is 34.6 Å². The normalized spacial score (nSPS) is 12.7. The fourth-order valence-electron chi connectivity index (χ4n) is 3.59. The van der Waals surface area contributed by atoms with E-state index in [4.69, 9.17) is 16.0 Å².